The molecule has 3 aromatic rings. The Labute approximate surface area is 148 Å². The molecule has 3 N–H and O–H groups in total. The van der Waals surface area contributed by atoms with Gasteiger partial charge >= 0.3 is 5.63 Å². The minimum absolute atomic E-state index is 0.151. The van der Waals surface area contributed by atoms with Gasteiger partial charge in [-0.1, -0.05) is 15.9 Å². The van der Waals surface area contributed by atoms with Crippen LogP contribution >= 0.6 is 27.3 Å². The van der Waals surface area contributed by atoms with E-state index in [0.29, 0.717) is 16.0 Å². The zero-order chi connectivity index (χ0) is 17.4. The highest BCUT2D eigenvalue weighted by Crippen LogP contribution is 2.28. The summed E-state index contributed by atoms with van der Waals surface area (Å²) >= 11 is 4.53. The van der Waals surface area contributed by atoms with Crippen molar-refractivity contribution in [1.82, 2.24) is 0 Å². The predicted molar refractivity (Wildman–Crippen MR) is 95.7 cm³/mol. The normalized spacial score (nSPS) is 10.8. The largest absolute Gasteiger partial charge is 0.422 e. The van der Waals surface area contributed by atoms with Gasteiger partial charge in [0.25, 0.3) is 11.8 Å². The minimum Gasteiger partial charge on any atom is -0.422 e. The van der Waals surface area contributed by atoms with Crippen molar-refractivity contribution >= 4 is 55.1 Å². The Bertz CT molecular complexity index is 1040. The molecule has 1 aromatic carbocycles. The fourth-order valence-corrected chi connectivity index (χ4v) is 3.50. The number of benzene rings is 1. The Morgan fingerprint density at radius 2 is 1.96 bits per heavy atom. The molecular weight excluding hydrogens is 396 g/mol. The number of thiophene rings is 1. The van der Waals surface area contributed by atoms with Gasteiger partial charge in [-0.2, -0.15) is 0 Å². The number of carbonyl (C=O) groups is 2. The number of nitrogens with one attached hydrogen (secondary N) is 1. The van der Waals surface area contributed by atoms with Crippen LogP contribution in [0.1, 0.15) is 25.6 Å². The molecule has 0 saturated heterocycles. The highest BCUT2D eigenvalue weighted by atomic mass is 79.9. The number of anilines is 1. The molecule has 24 heavy (non-hydrogen) atoms. The minimum atomic E-state index is -0.753. The monoisotopic (exact) mass is 406 g/mol. The molecule has 122 valence electrons. The lowest BCUT2D eigenvalue weighted by Crippen LogP contribution is -2.22. The topological polar surface area (TPSA) is 102 Å². The number of hydrogen-bond donors (Lipinski definition) is 2. The van der Waals surface area contributed by atoms with Crippen LogP contribution in [0.5, 0.6) is 0 Å². The van der Waals surface area contributed by atoms with Crippen molar-refractivity contribution in [3.63, 3.8) is 0 Å². The summed E-state index contributed by atoms with van der Waals surface area (Å²) < 4.78 is 5.96. The van der Waals surface area contributed by atoms with Crippen LogP contribution in [0.4, 0.5) is 5.00 Å². The number of rotatable bonds is 3. The smallest absolute Gasteiger partial charge is 0.349 e. The molecule has 0 unspecified atom stereocenters. The van der Waals surface area contributed by atoms with Gasteiger partial charge in [0.2, 0.25) is 0 Å². The zero-order valence-electron chi connectivity index (χ0n) is 12.4. The first kappa shape index (κ1) is 16.4. The molecule has 2 aromatic heterocycles. The van der Waals surface area contributed by atoms with E-state index >= 15 is 0 Å². The summed E-state index contributed by atoms with van der Waals surface area (Å²) in [7, 11) is 0. The van der Waals surface area contributed by atoms with E-state index in [1.54, 1.807) is 31.2 Å². The van der Waals surface area contributed by atoms with Crippen molar-refractivity contribution in [2.45, 2.75) is 6.92 Å². The summed E-state index contributed by atoms with van der Waals surface area (Å²) in [5, 5.41) is 3.46. The van der Waals surface area contributed by atoms with Crippen LogP contribution in [0.2, 0.25) is 0 Å². The van der Waals surface area contributed by atoms with Crippen LogP contribution in [0, 0.1) is 6.92 Å². The quantitative estimate of drug-likeness (QED) is 0.651. The molecule has 0 aliphatic heterocycles. The summed E-state index contributed by atoms with van der Waals surface area (Å²) in [6, 6.07) is 8.14. The molecule has 0 bridgehead atoms. The summed E-state index contributed by atoms with van der Waals surface area (Å²) in [6.45, 7) is 1.79. The van der Waals surface area contributed by atoms with Crippen LogP contribution in [-0.2, 0) is 0 Å². The Kier molecular flexibility index (Phi) is 4.25. The Morgan fingerprint density at radius 1 is 1.21 bits per heavy atom. The summed E-state index contributed by atoms with van der Waals surface area (Å²) in [4.78, 5) is 36.7. The number of hydrogen-bond acceptors (Lipinski definition) is 5. The van der Waals surface area contributed by atoms with E-state index in [4.69, 9.17) is 10.2 Å². The molecule has 6 nitrogen and oxygen atoms in total. The van der Waals surface area contributed by atoms with Gasteiger partial charge in [0.05, 0.1) is 5.56 Å². The first-order valence-corrected chi connectivity index (χ1v) is 8.41. The molecule has 8 heteroatoms. The van der Waals surface area contributed by atoms with Gasteiger partial charge in [-0.3, -0.25) is 9.59 Å². The van der Waals surface area contributed by atoms with E-state index in [9.17, 15) is 14.4 Å². The van der Waals surface area contributed by atoms with Crippen molar-refractivity contribution in [3.05, 3.63) is 61.2 Å². The van der Waals surface area contributed by atoms with Crippen LogP contribution in [0.3, 0.4) is 0 Å². The first-order chi connectivity index (χ1) is 11.3. The molecule has 0 saturated carbocycles. The molecule has 0 atom stereocenters. The van der Waals surface area contributed by atoms with E-state index in [2.05, 4.69) is 21.2 Å². The van der Waals surface area contributed by atoms with Gasteiger partial charge < -0.3 is 15.5 Å². The first-order valence-electron chi connectivity index (χ1n) is 6.80. The fourth-order valence-electron chi connectivity index (χ4n) is 2.21. The molecule has 0 aliphatic rings. The number of primary amides is 1. The molecule has 0 spiro atoms. The van der Waals surface area contributed by atoms with Gasteiger partial charge in [-0.05, 0) is 37.3 Å². The van der Waals surface area contributed by atoms with E-state index in [-0.39, 0.29) is 11.1 Å². The SMILES string of the molecule is Cc1cc(C(N)=O)c(NC(=O)c2cc3cc(Br)ccc3oc2=O)s1. The van der Waals surface area contributed by atoms with Gasteiger partial charge in [0.1, 0.15) is 16.1 Å². The summed E-state index contributed by atoms with van der Waals surface area (Å²) in [5.41, 5.74) is 4.98. The average Bonchev–Trinajstić information content (AvgIpc) is 2.87. The summed E-state index contributed by atoms with van der Waals surface area (Å²) in [6.07, 6.45) is 0. The Morgan fingerprint density at radius 3 is 2.67 bits per heavy atom. The number of aryl methyl sites for hydroxylation is 1. The molecule has 0 radical (unpaired) electrons. The maximum absolute atomic E-state index is 12.4. The lowest BCUT2D eigenvalue weighted by atomic mass is 10.2. The maximum Gasteiger partial charge on any atom is 0.349 e. The lowest BCUT2D eigenvalue weighted by molar-refractivity contribution is 0.100. The molecule has 0 aliphatic carbocycles. The van der Waals surface area contributed by atoms with E-state index in [1.807, 2.05) is 0 Å². The highest BCUT2D eigenvalue weighted by molar-refractivity contribution is 9.10. The third-order valence-electron chi connectivity index (χ3n) is 3.29. The van der Waals surface area contributed by atoms with Crippen molar-refractivity contribution in [2.24, 2.45) is 5.73 Å². The second-order valence-corrected chi connectivity index (χ2v) is 7.22. The Balaban J connectivity index is 2.01. The lowest BCUT2D eigenvalue weighted by Gasteiger charge is -2.05. The molecular formula is C16H11BrN2O4S. The number of amides is 2. The number of halogens is 1. The molecule has 2 heterocycles. The standard InChI is InChI=1S/C16H11BrN2O4S/c1-7-4-10(13(18)20)15(24-7)19-14(21)11-6-8-5-9(17)2-3-12(8)23-16(11)22/h2-6H,1H3,(H2,18,20)(H,19,21). The Hall–Kier alpha value is -2.45. The van der Waals surface area contributed by atoms with Gasteiger partial charge in [0.15, 0.2) is 0 Å². The third-order valence-corrected chi connectivity index (χ3v) is 4.75. The van der Waals surface area contributed by atoms with Crippen molar-refractivity contribution in [3.8, 4) is 0 Å². The van der Waals surface area contributed by atoms with E-state index in [0.717, 1.165) is 9.35 Å². The number of fused-ring (bicyclic) bond motifs is 1. The van der Waals surface area contributed by atoms with Crippen molar-refractivity contribution < 1.29 is 14.0 Å². The third kappa shape index (κ3) is 3.10. The molecule has 2 amide bonds. The van der Waals surface area contributed by atoms with E-state index in [1.165, 1.54) is 17.4 Å². The molecule has 0 fully saturated rings. The van der Waals surface area contributed by atoms with Crippen molar-refractivity contribution in [2.75, 3.05) is 5.32 Å². The van der Waals surface area contributed by atoms with Gasteiger partial charge in [-0.15, -0.1) is 11.3 Å². The number of nitrogens with two attached hydrogens (primary N) is 1. The fraction of sp³-hybridized carbons (Fsp3) is 0.0625. The average molecular weight is 407 g/mol. The summed E-state index contributed by atoms with van der Waals surface area (Å²) in [5.74, 6) is -1.31. The predicted octanol–water partition coefficient (Wildman–Crippen LogP) is 3.28. The van der Waals surface area contributed by atoms with Crippen LogP contribution < -0.4 is 16.7 Å². The molecule has 3 rings (SSSR count). The van der Waals surface area contributed by atoms with Gasteiger partial charge in [0, 0.05) is 14.7 Å². The second kappa shape index (κ2) is 6.21. The second-order valence-electron chi connectivity index (χ2n) is 5.05. The zero-order valence-corrected chi connectivity index (χ0v) is 14.8. The maximum atomic E-state index is 12.4. The van der Waals surface area contributed by atoms with Crippen LogP contribution in [0.25, 0.3) is 11.0 Å². The van der Waals surface area contributed by atoms with Crippen molar-refractivity contribution in [1.29, 1.82) is 0 Å². The van der Waals surface area contributed by atoms with Gasteiger partial charge in [-0.25, -0.2) is 4.79 Å². The van der Waals surface area contributed by atoms with Crippen LogP contribution in [-0.4, -0.2) is 11.8 Å². The number of carbonyl (C=O) groups excluding carboxylic acids is 2. The van der Waals surface area contributed by atoms with Crippen LogP contribution in [0.15, 0.2) is 44.0 Å². The van der Waals surface area contributed by atoms with E-state index < -0.39 is 17.4 Å². The highest BCUT2D eigenvalue weighted by Gasteiger charge is 2.18.